The number of aromatic nitrogens is 1. The van der Waals surface area contributed by atoms with E-state index in [1.165, 1.54) is 0 Å². The number of carbonyl (C=O) groups is 1. The molecule has 1 unspecified atom stereocenters. The second-order valence-electron chi connectivity index (χ2n) is 4.62. The lowest BCUT2D eigenvalue weighted by molar-refractivity contribution is 0.0939. The van der Waals surface area contributed by atoms with E-state index >= 15 is 0 Å². The Morgan fingerprint density at radius 3 is 2.50 bits per heavy atom. The minimum atomic E-state index is -0.158. The summed E-state index contributed by atoms with van der Waals surface area (Å²) < 4.78 is 0. The van der Waals surface area contributed by atoms with E-state index in [0.717, 1.165) is 11.3 Å². The number of nitriles is 1. The molecule has 2 aromatic rings. The molecule has 0 saturated heterocycles. The van der Waals surface area contributed by atoms with Gasteiger partial charge in [-0.05, 0) is 43.7 Å². The molecule has 0 aliphatic heterocycles. The average molecular weight is 265 g/mol. The van der Waals surface area contributed by atoms with Crippen LogP contribution in [0.15, 0.2) is 42.6 Å². The van der Waals surface area contributed by atoms with Crippen LogP contribution in [0, 0.1) is 18.3 Å². The maximum Gasteiger partial charge on any atom is 0.253 e. The third-order valence-electron chi connectivity index (χ3n) is 3.06. The van der Waals surface area contributed by atoms with Crippen LogP contribution in [-0.4, -0.2) is 10.9 Å². The zero-order chi connectivity index (χ0) is 14.5. The summed E-state index contributed by atoms with van der Waals surface area (Å²) in [4.78, 5) is 16.2. The largest absolute Gasteiger partial charge is 0.345 e. The summed E-state index contributed by atoms with van der Waals surface area (Å²) in [5, 5.41) is 11.7. The highest BCUT2D eigenvalue weighted by molar-refractivity contribution is 5.94. The second-order valence-corrected chi connectivity index (χ2v) is 4.62. The molecule has 4 heteroatoms. The van der Waals surface area contributed by atoms with Crippen LogP contribution in [0.5, 0.6) is 0 Å². The molecule has 1 aromatic carbocycles. The monoisotopic (exact) mass is 265 g/mol. The van der Waals surface area contributed by atoms with Crippen molar-refractivity contribution < 1.29 is 4.79 Å². The Hall–Kier alpha value is -2.67. The molecule has 1 heterocycles. The first-order valence-electron chi connectivity index (χ1n) is 6.33. The number of hydrogen-bond donors (Lipinski definition) is 1. The molecule has 1 amide bonds. The molecule has 20 heavy (non-hydrogen) atoms. The van der Waals surface area contributed by atoms with Crippen molar-refractivity contribution in [3.63, 3.8) is 0 Å². The molecule has 0 aliphatic carbocycles. The van der Waals surface area contributed by atoms with Gasteiger partial charge in [0.25, 0.3) is 5.91 Å². The number of amides is 1. The van der Waals surface area contributed by atoms with Crippen molar-refractivity contribution in [3.8, 4) is 6.07 Å². The SMILES string of the molecule is Cc1ccc(C(=O)NC(C)c2ccc(C#N)cc2)cn1. The second kappa shape index (κ2) is 5.98. The first kappa shape index (κ1) is 13.8. The number of hydrogen-bond acceptors (Lipinski definition) is 3. The van der Waals surface area contributed by atoms with Gasteiger partial charge in [-0.25, -0.2) is 0 Å². The van der Waals surface area contributed by atoms with Crippen LogP contribution >= 0.6 is 0 Å². The molecule has 1 aromatic heterocycles. The molecule has 0 bridgehead atoms. The summed E-state index contributed by atoms with van der Waals surface area (Å²) in [6, 6.07) is 12.7. The molecule has 0 radical (unpaired) electrons. The van der Waals surface area contributed by atoms with E-state index < -0.39 is 0 Å². The minimum absolute atomic E-state index is 0.128. The molecule has 1 atom stereocenters. The molecule has 2 rings (SSSR count). The van der Waals surface area contributed by atoms with E-state index in [1.807, 2.05) is 26.0 Å². The maximum atomic E-state index is 12.1. The van der Waals surface area contributed by atoms with Gasteiger partial charge in [0.15, 0.2) is 0 Å². The van der Waals surface area contributed by atoms with Crippen LogP contribution in [0.25, 0.3) is 0 Å². The van der Waals surface area contributed by atoms with Crippen LogP contribution in [-0.2, 0) is 0 Å². The van der Waals surface area contributed by atoms with Crippen LogP contribution in [0.2, 0.25) is 0 Å². The van der Waals surface area contributed by atoms with Gasteiger partial charge in [0.05, 0.1) is 23.2 Å². The summed E-state index contributed by atoms with van der Waals surface area (Å²) in [6.07, 6.45) is 1.57. The average Bonchev–Trinajstić information content (AvgIpc) is 2.48. The number of benzene rings is 1. The van der Waals surface area contributed by atoms with Crippen molar-refractivity contribution in [3.05, 3.63) is 65.0 Å². The normalized spacial score (nSPS) is 11.4. The first-order valence-corrected chi connectivity index (χ1v) is 6.33. The topological polar surface area (TPSA) is 65.8 Å². The lowest BCUT2D eigenvalue weighted by Gasteiger charge is -2.14. The lowest BCUT2D eigenvalue weighted by Crippen LogP contribution is -2.26. The van der Waals surface area contributed by atoms with Crippen LogP contribution < -0.4 is 5.32 Å². The van der Waals surface area contributed by atoms with Crippen molar-refractivity contribution >= 4 is 5.91 Å². The minimum Gasteiger partial charge on any atom is -0.345 e. The highest BCUT2D eigenvalue weighted by atomic mass is 16.1. The molecule has 4 nitrogen and oxygen atoms in total. The van der Waals surface area contributed by atoms with Gasteiger partial charge in [0.2, 0.25) is 0 Å². The molecule has 0 spiro atoms. The van der Waals surface area contributed by atoms with E-state index in [4.69, 9.17) is 5.26 Å². The van der Waals surface area contributed by atoms with Crippen LogP contribution in [0.3, 0.4) is 0 Å². The number of aryl methyl sites for hydroxylation is 1. The summed E-state index contributed by atoms with van der Waals surface area (Å²) >= 11 is 0. The van der Waals surface area contributed by atoms with Crippen LogP contribution in [0.1, 0.15) is 40.1 Å². The van der Waals surface area contributed by atoms with Crippen molar-refractivity contribution in [2.75, 3.05) is 0 Å². The zero-order valence-electron chi connectivity index (χ0n) is 11.4. The standard InChI is InChI=1S/C16H15N3O/c1-11-3-6-15(10-18-11)16(20)19-12(2)14-7-4-13(9-17)5-8-14/h3-8,10,12H,1-2H3,(H,19,20). The fourth-order valence-electron chi connectivity index (χ4n) is 1.81. The summed E-state index contributed by atoms with van der Waals surface area (Å²) in [7, 11) is 0. The fraction of sp³-hybridized carbons (Fsp3) is 0.188. The Balaban J connectivity index is 2.06. The molecular formula is C16H15N3O. The van der Waals surface area contributed by atoms with Crippen molar-refractivity contribution in [1.82, 2.24) is 10.3 Å². The smallest absolute Gasteiger partial charge is 0.253 e. The fourth-order valence-corrected chi connectivity index (χ4v) is 1.81. The van der Waals surface area contributed by atoms with Gasteiger partial charge in [0, 0.05) is 11.9 Å². The van der Waals surface area contributed by atoms with Crippen molar-refractivity contribution in [1.29, 1.82) is 5.26 Å². The molecule has 0 aliphatic rings. The molecule has 0 saturated carbocycles. The Bertz CT molecular complexity index is 639. The summed E-state index contributed by atoms with van der Waals surface area (Å²) in [6.45, 7) is 3.78. The summed E-state index contributed by atoms with van der Waals surface area (Å²) in [5.41, 5.74) is 2.98. The number of carbonyl (C=O) groups excluding carboxylic acids is 1. The van der Waals surface area contributed by atoms with Gasteiger partial charge in [-0.1, -0.05) is 12.1 Å². The van der Waals surface area contributed by atoms with E-state index in [-0.39, 0.29) is 11.9 Å². The Kier molecular flexibility index (Phi) is 4.11. The van der Waals surface area contributed by atoms with E-state index in [9.17, 15) is 4.79 Å². The first-order chi connectivity index (χ1) is 9.60. The summed E-state index contributed by atoms with van der Waals surface area (Å²) in [5.74, 6) is -0.158. The Morgan fingerprint density at radius 1 is 1.25 bits per heavy atom. The predicted molar refractivity (Wildman–Crippen MR) is 76.0 cm³/mol. The highest BCUT2D eigenvalue weighted by Gasteiger charge is 2.11. The van der Waals surface area contributed by atoms with Gasteiger partial charge in [-0.3, -0.25) is 9.78 Å². The third kappa shape index (κ3) is 3.21. The molecule has 0 fully saturated rings. The van der Waals surface area contributed by atoms with E-state index in [1.54, 1.807) is 30.5 Å². The lowest BCUT2D eigenvalue weighted by atomic mass is 10.1. The van der Waals surface area contributed by atoms with Crippen LogP contribution in [0.4, 0.5) is 0 Å². The van der Waals surface area contributed by atoms with Gasteiger partial charge in [-0.2, -0.15) is 5.26 Å². The Morgan fingerprint density at radius 2 is 1.95 bits per heavy atom. The number of nitrogens with zero attached hydrogens (tertiary/aromatic N) is 2. The molecule has 100 valence electrons. The number of pyridine rings is 1. The molecular weight excluding hydrogens is 250 g/mol. The van der Waals surface area contributed by atoms with Crippen molar-refractivity contribution in [2.45, 2.75) is 19.9 Å². The van der Waals surface area contributed by atoms with Crippen molar-refractivity contribution in [2.24, 2.45) is 0 Å². The third-order valence-corrected chi connectivity index (χ3v) is 3.06. The quantitative estimate of drug-likeness (QED) is 0.928. The van der Waals surface area contributed by atoms with Gasteiger partial charge < -0.3 is 5.32 Å². The van der Waals surface area contributed by atoms with Gasteiger partial charge in [0.1, 0.15) is 0 Å². The Labute approximate surface area is 118 Å². The van der Waals surface area contributed by atoms with E-state index in [0.29, 0.717) is 11.1 Å². The van der Waals surface area contributed by atoms with Gasteiger partial charge in [-0.15, -0.1) is 0 Å². The maximum absolute atomic E-state index is 12.1. The zero-order valence-corrected chi connectivity index (χ0v) is 11.4. The van der Waals surface area contributed by atoms with Gasteiger partial charge >= 0.3 is 0 Å². The molecule has 1 N–H and O–H groups in total. The number of rotatable bonds is 3. The highest BCUT2D eigenvalue weighted by Crippen LogP contribution is 2.14. The number of nitrogens with one attached hydrogen (secondary N) is 1. The predicted octanol–water partition coefficient (Wildman–Crippen LogP) is 2.75. The van der Waals surface area contributed by atoms with E-state index in [2.05, 4.69) is 16.4 Å².